The highest BCUT2D eigenvalue weighted by Crippen LogP contribution is 2.17. The number of nitro groups is 1. The standard InChI is InChI=1S/C13H19N3O3/c1-9(2)11(7-14)13(17)15-8-10-5-3-4-6-12(10)16(18)19/h3-6,9,11H,7-8,14H2,1-2H3,(H,15,17). The van der Waals surface area contributed by atoms with E-state index in [1.54, 1.807) is 18.2 Å². The van der Waals surface area contributed by atoms with Gasteiger partial charge in [-0.3, -0.25) is 14.9 Å². The van der Waals surface area contributed by atoms with Gasteiger partial charge in [-0.05, 0) is 5.92 Å². The van der Waals surface area contributed by atoms with Gasteiger partial charge in [-0.15, -0.1) is 0 Å². The fraction of sp³-hybridized carbons (Fsp3) is 0.462. The third-order valence-electron chi connectivity index (χ3n) is 3.04. The van der Waals surface area contributed by atoms with Crippen molar-refractivity contribution in [2.75, 3.05) is 6.54 Å². The molecule has 1 atom stereocenters. The van der Waals surface area contributed by atoms with Gasteiger partial charge in [0.2, 0.25) is 5.91 Å². The van der Waals surface area contributed by atoms with E-state index in [1.165, 1.54) is 6.07 Å². The molecule has 0 aromatic heterocycles. The lowest BCUT2D eigenvalue weighted by Gasteiger charge is -2.18. The SMILES string of the molecule is CC(C)C(CN)C(=O)NCc1ccccc1[N+](=O)[O-]. The zero-order chi connectivity index (χ0) is 14.4. The van der Waals surface area contributed by atoms with E-state index >= 15 is 0 Å². The fourth-order valence-corrected chi connectivity index (χ4v) is 1.83. The van der Waals surface area contributed by atoms with E-state index in [0.29, 0.717) is 5.56 Å². The molecule has 6 nitrogen and oxygen atoms in total. The zero-order valence-electron chi connectivity index (χ0n) is 11.1. The van der Waals surface area contributed by atoms with Gasteiger partial charge >= 0.3 is 0 Å². The van der Waals surface area contributed by atoms with Crippen LogP contribution in [0.2, 0.25) is 0 Å². The van der Waals surface area contributed by atoms with Crippen molar-refractivity contribution in [2.45, 2.75) is 20.4 Å². The van der Waals surface area contributed by atoms with Crippen molar-refractivity contribution in [3.05, 3.63) is 39.9 Å². The van der Waals surface area contributed by atoms with Crippen LogP contribution in [0.25, 0.3) is 0 Å². The number of nitro benzene ring substituents is 1. The van der Waals surface area contributed by atoms with Crippen LogP contribution in [0.1, 0.15) is 19.4 Å². The molecular formula is C13H19N3O3. The van der Waals surface area contributed by atoms with Gasteiger partial charge in [0.1, 0.15) is 0 Å². The Kier molecular flexibility index (Phi) is 5.44. The van der Waals surface area contributed by atoms with E-state index in [1.807, 2.05) is 13.8 Å². The first-order valence-electron chi connectivity index (χ1n) is 6.17. The number of para-hydroxylation sites is 1. The van der Waals surface area contributed by atoms with Gasteiger partial charge in [0.25, 0.3) is 5.69 Å². The van der Waals surface area contributed by atoms with Crippen molar-refractivity contribution in [3.63, 3.8) is 0 Å². The first kappa shape index (κ1) is 15.1. The first-order chi connectivity index (χ1) is 8.97. The maximum absolute atomic E-state index is 11.9. The maximum Gasteiger partial charge on any atom is 0.274 e. The lowest BCUT2D eigenvalue weighted by Crippen LogP contribution is -2.37. The largest absolute Gasteiger partial charge is 0.351 e. The molecule has 1 rings (SSSR count). The van der Waals surface area contributed by atoms with Crippen molar-refractivity contribution in [2.24, 2.45) is 17.6 Å². The summed E-state index contributed by atoms with van der Waals surface area (Å²) in [6.45, 7) is 4.24. The number of nitrogens with one attached hydrogen (secondary N) is 1. The number of rotatable bonds is 6. The van der Waals surface area contributed by atoms with E-state index in [0.717, 1.165) is 0 Å². The molecule has 0 aliphatic carbocycles. The van der Waals surface area contributed by atoms with E-state index < -0.39 is 4.92 Å². The van der Waals surface area contributed by atoms with Crippen LogP contribution < -0.4 is 11.1 Å². The Hall–Kier alpha value is -1.95. The van der Waals surface area contributed by atoms with Crippen molar-refractivity contribution < 1.29 is 9.72 Å². The number of nitrogens with two attached hydrogens (primary N) is 1. The van der Waals surface area contributed by atoms with Crippen LogP contribution >= 0.6 is 0 Å². The molecule has 6 heteroatoms. The molecule has 0 radical (unpaired) electrons. The molecular weight excluding hydrogens is 246 g/mol. The quantitative estimate of drug-likeness (QED) is 0.600. The number of carbonyl (C=O) groups excluding carboxylic acids is 1. The molecule has 1 aromatic rings. The Morgan fingerprint density at radius 2 is 2.05 bits per heavy atom. The minimum absolute atomic E-state index is 0.0108. The average molecular weight is 265 g/mol. The summed E-state index contributed by atoms with van der Waals surface area (Å²) < 4.78 is 0. The third kappa shape index (κ3) is 4.03. The van der Waals surface area contributed by atoms with Gasteiger partial charge in [-0.25, -0.2) is 0 Å². The Bertz CT molecular complexity index is 460. The highest BCUT2D eigenvalue weighted by Gasteiger charge is 2.21. The number of hydrogen-bond acceptors (Lipinski definition) is 4. The lowest BCUT2D eigenvalue weighted by molar-refractivity contribution is -0.385. The van der Waals surface area contributed by atoms with E-state index in [2.05, 4.69) is 5.32 Å². The monoisotopic (exact) mass is 265 g/mol. The molecule has 3 N–H and O–H groups in total. The van der Waals surface area contributed by atoms with Crippen LogP contribution in [0.3, 0.4) is 0 Å². The van der Waals surface area contributed by atoms with E-state index in [9.17, 15) is 14.9 Å². The molecule has 1 aromatic carbocycles. The number of amides is 1. The molecule has 1 unspecified atom stereocenters. The van der Waals surface area contributed by atoms with Gasteiger partial charge in [-0.2, -0.15) is 0 Å². The van der Waals surface area contributed by atoms with Crippen LogP contribution in [0.5, 0.6) is 0 Å². The summed E-state index contributed by atoms with van der Waals surface area (Å²) >= 11 is 0. The van der Waals surface area contributed by atoms with Crippen LogP contribution in [0.4, 0.5) is 5.69 Å². The molecule has 0 aliphatic rings. The molecule has 0 fully saturated rings. The average Bonchev–Trinajstić information content (AvgIpc) is 2.37. The molecule has 0 spiro atoms. The number of carbonyl (C=O) groups is 1. The van der Waals surface area contributed by atoms with Crippen LogP contribution in [0.15, 0.2) is 24.3 Å². The summed E-state index contributed by atoms with van der Waals surface area (Å²) in [5.41, 5.74) is 6.05. The molecule has 19 heavy (non-hydrogen) atoms. The Morgan fingerprint density at radius 3 is 2.58 bits per heavy atom. The summed E-state index contributed by atoms with van der Waals surface area (Å²) in [7, 11) is 0. The van der Waals surface area contributed by atoms with Crippen molar-refractivity contribution >= 4 is 11.6 Å². The summed E-state index contributed by atoms with van der Waals surface area (Å²) in [4.78, 5) is 22.3. The Morgan fingerprint density at radius 1 is 1.42 bits per heavy atom. The number of benzene rings is 1. The summed E-state index contributed by atoms with van der Waals surface area (Å²) in [5.74, 6) is -0.311. The minimum atomic E-state index is -0.454. The second-order valence-electron chi connectivity index (χ2n) is 4.69. The normalized spacial score (nSPS) is 12.2. The van der Waals surface area contributed by atoms with Crippen LogP contribution in [-0.2, 0) is 11.3 Å². The minimum Gasteiger partial charge on any atom is -0.351 e. The second kappa shape index (κ2) is 6.84. The summed E-state index contributed by atoms with van der Waals surface area (Å²) in [6, 6.07) is 6.35. The van der Waals surface area contributed by atoms with E-state index in [-0.39, 0.29) is 36.5 Å². The molecule has 1 amide bonds. The molecule has 0 heterocycles. The van der Waals surface area contributed by atoms with Gasteiger partial charge in [0.05, 0.1) is 10.8 Å². The Labute approximate surface area is 112 Å². The maximum atomic E-state index is 11.9. The third-order valence-corrected chi connectivity index (χ3v) is 3.04. The molecule has 104 valence electrons. The second-order valence-corrected chi connectivity index (χ2v) is 4.69. The zero-order valence-corrected chi connectivity index (χ0v) is 11.1. The van der Waals surface area contributed by atoms with Crippen molar-refractivity contribution in [1.29, 1.82) is 0 Å². The van der Waals surface area contributed by atoms with Crippen LogP contribution in [0, 0.1) is 22.0 Å². The predicted octanol–water partition coefficient (Wildman–Crippen LogP) is 1.44. The van der Waals surface area contributed by atoms with Gasteiger partial charge in [0, 0.05) is 24.7 Å². The summed E-state index contributed by atoms with van der Waals surface area (Å²) in [6.07, 6.45) is 0. The Balaban J connectivity index is 2.72. The highest BCUT2D eigenvalue weighted by molar-refractivity contribution is 5.79. The van der Waals surface area contributed by atoms with Crippen LogP contribution in [-0.4, -0.2) is 17.4 Å². The van der Waals surface area contributed by atoms with Crippen molar-refractivity contribution in [3.8, 4) is 0 Å². The topological polar surface area (TPSA) is 98.3 Å². The summed E-state index contributed by atoms with van der Waals surface area (Å²) in [5, 5.41) is 13.5. The highest BCUT2D eigenvalue weighted by atomic mass is 16.6. The van der Waals surface area contributed by atoms with Gasteiger partial charge in [0.15, 0.2) is 0 Å². The number of hydrogen-bond donors (Lipinski definition) is 2. The lowest BCUT2D eigenvalue weighted by atomic mass is 9.95. The van der Waals surface area contributed by atoms with Gasteiger partial charge < -0.3 is 11.1 Å². The predicted molar refractivity (Wildman–Crippen MR) is 72.3 cm³/mol. The fourth-order valence-electron chi connectivity index (χ4n) is 1.83. The smallest absolute Gasteiger partial charge is 0.274 e. The number of nitrogens with zero attached hydrogens (tertiary/aromatic N) is 1. The van der Waals surface area contributed by atoms with Gasteiger partial charge in [-0.1, -0.05) is 32.0 Å². The van der Waals surface area contributed by atoms with E-state index in [4.69, 9.17) is 5.73 Å². The molecule has 0 saturated carbocycles. The first-order valence-corrected chi connectivity index (χ1v) is 6.17. The molecule has 0 bridgehead atoms. The molecule has 0 saturated heterocycles. The molecule has 0 aliphatic heterocycles. The van der Waals surface area contributed by atoms with Crippen molar-refractivity contribution in [1.82, 2.24) is 5.32 Å².